The van der Waals surface area contributed by atoms with E-state index in [4.69, 9.17) is 9.47 Å². The third-order valence-electron chi connectivity index (χ3n) is 9.50. The predicted octanol–water partition coefficient (Wildman–Crippen LogP) is 7.51. The lowest BCUT2D eigenvalue weighted by Gasteiger charge is -2.41. The Kier molecular flexibility index (Phi) is 18.7. The zero-order valence-corrected chi connectivity index (χ0v) is 34.1. The minimum atomic E-state index is -1.46. The van der Waals surface area contributed by atoms with Crippen LogP contribution < -0.4 is 0 Å². The van der Waals surface area contributed by atoms with E-state index in [1.807, 2.05) is 95.4 Å². The highest BCUT2D eigenvalue weighted by atomic mass is 16.7. The van der Waals surface area contributed by atoms with Gasteiger partial charge in [-0.2, -0.15) is 0 Å². The van der Waals surface area contributed by atoms with Gasteiger partial charge in [0.15, 0.2) is 6.29 Å². The first-order valence-electron chi connectivity index (χ1n) is 18.7. The van der Waals surface area contributed by atoms with E-state index in [1.54, 1.807) is 32.9 Å². The maximum Gasteiger partial charge on any atom is 0.187 e. The molecule has 0 aromatic rings. The standard InChI is InChI=1S/C46H66O8/c1-30(17-12-13-18-31(2)20-15-23-33(4)25-27-37-35(6)40(48)38(47)29-45(37,8)9)19-14-21-32(3)22-16-24-34(5)26-28-39(46(10,11)52)54-44-43(51)42(50)41(49)36(7)53-44/h12-28,36,38-44,47-52H,29H2,1-11H3/b13-12+,19-14+,20-15+,22-16+,27-25+,28-26+,30-17+,31-18+,32-21+,33-23+,34-24+/t36-,38-,39+,40-,41+,42+,43+,44+/m1/s1. The zero-order chi connectivity index (χ0) is 40.8. The smallest absolute Gasteiger partial charge is 0.187 e. The van der Waals surface area contributed by atoms with Crippen LogP contribution in [0.2, 0.25) is 0 Å². The molecule has 0 radical (unpaired) electrons. The Bertz CT molecular complexity index is 1610. The van der Waals surface area contributed by atoms with Crippen LogP contribution in [0.5, 0.6) is 0 Å². The third-order valence-corrected chi connectivity index (χ3v) is 9.50. The lowest BCUT2D eigenvalue weighted by atomic mass is 9.70. The van der Waals surface area contributed by atoms with E-state index in [1.165, 1.54) is 0 Å². The first-order chi connectivity index (χ1) is 25.1. The second-order valence-electron chi connectivity index (χ2n) is 15.8. The molecule has 8 nitrogen and oxygen atoms in total. The lowest BCUT2D eigenvalue weighted by molar-refractivity contribution is -0.309. The largest absolute Gasteiger partial charge is 0.390 e. The van der Waals surface area contributed by atoms with Gasteiger partial charge in [-0.3, -0.25) is 0 Å². The number of hydrogen-bond acceptors (Lipinski definition) is 8. The van der Waals surface area contributed by atoms with Gasteiger partial charge in [-0.1, -0.05) is 145 Å². The fraction of sp³-hybridized carbons (Fsp3) is 0.478. The predicted molar refractivity (Wildman–Crippen MR) is 220 cm³/mol. The molecule has 2 rings (SSSR count). The van der Waals surface area contributed by atoms with Crippen molar-refractivity contribution in [2.24, 2.45) is 5.41 Å². The average Bonchev–Trinajstić information content (AvgIpc) is 3.07. The third kappa shape index (κ3) is 15.4. The van der Waals surface area contributed by atoms with Gasteiger partial charge in [0.05, 0.1) is 17.8 Å². The number of rotatable bonds is 15. The Balaban J connectivity index is 1.91. The van der Waals surface area contributed by atoms with E-state index >= 15 is 0 Å². The molecule has 8 heteroatoms. The van der Waals surface area contributed by atoms with E-state index in [0.29, 0.717) is 6.42 Å². The van der Waals surface area contributed by atoms with Gasteiger partial charge in [-0.05, 0) is 85.3 Å². The molecule has 8 atom stereocenters. The van der Waals surface area contributed by atoms with Crippen LogP contribution in [0, 0.1) is 5.41 Å². The van der Waals surface area contributed by atoms with E-state index in [-0.39, 0.29) is 5.41 Å². The molecule has 0 amide bonds. The summed E-state index contributed by atoms with van der Waals surface area (Å²) >= 11 is 0. The summed E-state index contributed by atoms with van der Waals surface area (Å²) in [4.78, 5) is 0. The highest BCUT2D eigenvalue weighted by molar-refractivity contribution is 5.39. The quantitative estimate of drug-likeness (QED) is 0.0948. The number of ether oxygens (including phenoxy) is 2. The van der Waals surface area contributed by atoms with Crippen LogP contribution >= 0.6 is 0 Å². The molecule has 2 aliphatic rings. The Labute approximate surface area is 324 Å². The van der Waals surface area contributed by atoms with Crippen LogP contribution in [0.3, 0.4) is 0 Å². The summed E-state index contributed by atoms with van der Waals surface area (Å²) in [6.45, 7) is 20.9. The van der Waals surface area contributed by atoms with Crippen LogP contribution in [0.15, 0.2) is 142 Å². The van der Waals surface area contributed by atoms with Gasteiger partial charge in [-0.15, -0.1) is 0 Å². The summed E-state index contributed by atoms with van der Waals surface area (Å²) in [5.41, 5.74) is 5.69. The molecular weight excluding hydrogens is 680 g/mol. The molecule has 1 heterocycles. The van der Waals surface area contributed by atoms with Gasteiger partial charge >= 0.3 is 0 Å². The summed E-state index contributed by atoms with van der Waals surface area (Å²) in [5, 5.41) is 61.5. The molecule has 1 saturated heterocycles. The van der Waals surface area contributed by atoms with E-state index in [0.717, 1.165) is 39.0 Å². The van der Waals surface area contributed by atoms with Crippen LogP contribution in [-0.2, 0) is 9.47 Å². The molecule has 1 fully saturated rings. The van der Waals surface area contributed by atoms with Crippen molar-refractivity contribution >= 4 is 0 Å². The Morgan fingerprint density at radius 2 is 1.15 bits per heavy atom. The molecule has 54 heavy (non-hydrogen) atoms. The maximum atomic E-state index is 10.7. The van der Waals surface area contributed by atoms with Crippen molar-refractivity contribution in [3.8, 4) is 0 Å². The highest BCUT2D eigenvalue weighted by Gasteiger charge is 2.44. The van der Waals surface area contributed by atoms with Gasteiger partial charge in [0.25, 0.3) is 0 Å². The molecular formula is C46H66O8. The molecule has 0 aromatic carbocycles. The second kappa shape index (κ2) is 21.6. The van der Waals surface area contributed by atoms with Gasteiger partial charge in [-0.25, -0.2) is 0 Å². The Morgan fingerprint density at radius 1 is 0.704 bits per heavy atom. The summed E-state index contributed by atoms with van der Waals surface area (Å²) in [7, 11) is 0. The number of aliphatic hydroxyl groups is 6. The van der Waals surface area contributed by atoms with Crippen molar-refractivity contribution in [3.63, 3.8) is 0 Å². The molecule has 1 aliphatic carbocycles. The van der Waals surface area contributed by atoms with Crippen molar-refractivity contribution in [2.75, 3.05) is 0 Å². The van der Waals surface area contributed by atoms with E-state index in [2.05, 4.69) is 51.2 Å². The minimum Gasteiger partial charge on any atom is -0.390 e. The minimum absolute atomic E-state index is 0.198. The monoisotopic (exact) mass is 746 g/mol. The molecule has 1 aliphatic heterocycles. The molecule has 298 valence electrons. The number of allylic oxidation sites excluding steroid dienone is 22. The summed E-state index contributed by atoms with van der Waals surface area (Å²) in [6.07, 6.45) is 25.9. The topological polar surface area (TPSA) is 140 Å². The first-order valence-corrected chi connectivity index (χ1v) is 18.7. The average molecular weight is 747 g/mol. The fourth-order valence-electron chi connectivity index (χ4n) is 6.00. The van der Waals surface area contributed by atoms with Crippen molar-refractivity contribution < 1.29 is 40.1 Å². The van der Waals surface area contributed by atoms with Gasteiger partial charge in [0.1, 0.15) is 30.5 Å². The van der Waals surface area contributed by atoms with Gasteiger partial charge in [0, 0.05) is 0 Å². The molecule has 0 bridgehead atoms. The lowest BCUT2D eigenvalue weighted by Crippen LogP contribution is -2.58. The first kappa shape index (κ1) is 46.7. The number of hydrogen-bond donors (Lipinski definition) is 6. The van der Waals surface area contributed by atoms with Crippen LogP contribution in [0.1, 0.15) is 82.6 Å². The van der Waals surface area contributed by atoms with Crippen LogP contribution in [-0.4, -0.2) is 85.3 Å². The van der Waals surface area contributed by atoms with E-state index < -0.39 is 54.6 Å². The SMILES string of the molecule is CC1=C(/C=C/C(C)=C/C=C/C(C)=C/C=C/C=C(C)/C=C/C=C(C)/C=C/C=C(C)/C=C/[C@H](O[C@@H]2O[C@H](C)[C@H](O)[C@H](O)[C@@H]2O)C(C)(C)O)C(C)(C)C[C@@H](O)[C@@H]1O. The van der Waals surface area contributed by atoms with Crippen molar-refractivity contribution in [3.05, 3.63) is 142 Å². The van der Waals surface area contributed by atoms with Crippen molar-refractivity contribution in [1.82, 2.24) is 0 Å². The normalized spacial score (nSPS) is 29.4. The summed E-state index contributed by atoms with van der Waals surface area (Å²) in [5.74, 6) is 0. The van der Waals surface area contributed by atoms with Crippen molar-refractivity contribution in [1.29, 1.82) is 0 Å². The molecule has 0 spiro atoms. The number of aliphatic hydroxyl groups excluding tert-OH is 5. The van der Waals surface area contributed by atoms with Gasteiger partial charge < -0.3 is 40.1 Å². The van der Waals surface area contributed by atoms with E-state index in [9.17, 15) is 30.6 Å². The maximum absolute atomic E-state index is 10.7. The van der Waals surface area contributed by atoms with Gasteiger partial charge in [0.2, 0.25) is 0 Å². The molecule has 6 N–H and O–H groups in total. The molecule has 0 saturated carbocycles. The Hall–Kier alpha value is -3.44. The summed E-state index contributed by atoms with van der Waals surface area (Å²) < 4.78 is 11.4. The Morgan fingerprint density at radius 3 is 1.63 bits per heavy atom. The highest BCUT2D eigenvalue weighted by Crippen LogP contribution is 2.41. The fourth-order valence-corrected chi connectivity index (χ4v) is 6.00. The van der Waals surface area contributed by atoms with Crippen molar-refractivity contribution in [2.45, 2.75) is 137 Å². The zero-order valence-electron chi connectivity index (χ0n) is 34.1. The second-order valence-corrected chi connectivity index (χ2v) is 15.8. The van der Waals surface area contributed by atoms with Crippen LogP contribution in [0.25, 0.3) is 0 Å². The van der Waals surface area contributed by atoms with Crippen LogP contribution in [0.4, 0.5) is 0 Å². The molecule has 0 unspecified atom stereocenters. The molecule has 0 aromatic heterocycles. The summed E-state index contributed by atoms with van der Waals surface area (Å²) in [6, 6.07) is 0.